The van der Waals surface area contributed by atoms with Crippen molar-refractivity contribution < 1.29 is 20.1 Å². The summed E-state index contributed by atoms with van der Waals surface area (Å²) in [6.45, 7) is 4.21. The normalized spacial score (nSPS) is 13.9. The first-order valence-electron chi connectivity index (χ1n) is 24.4. The van der Waals surface area contributed by atoms with E-state index >= 15 is 0 Å². The predicted molar refractivity (Wildman–Crippen MR) is 245 cm³/mol. The first-order chi connectivity index (χ1) is 27.5. The van der Waals surface area contributed by atoms with E-state index in [0.717, 1.165) is 51.4 Å². The number of carbonyl (C=O) groups is 1. The Morgan fingerprint density at radius 3 is 1.14 bits per heavy atom. The molecular weight excluding hydrogens is 691 g/mol. The molecule has 0 spiro atoms. The molecule has 5 nitrogen and oxygen atoms in total. The lowest BCUT2D eigenvalue weighted by Crippen LogP contribution is -2.45. The summed E-state index contributed by atoms with van der Waals surface area (Å²) in [5.41, 5.74) is 0. The van der Waals surface area contributed by atoms with Gasteiger partial charge in [-0.1, -0.05) is 217 Å². The maximum Gasteiger partial charge on any atom is 0.222 e. The summed E-state index contributed by atoms with van der Waals surface area (Å²) in [4.78, 5) is 12.5. The summed E-state index contributed by atoms with van der Waals surface area (Å²) in [6, 6.07) is -0.771. The fourth-order valence-corrected chi connectivity index (χ4v) is 7.31. The van der Waals surface area contributed by atoms with Gasteiger partial charge in [-0.25, -0.2) is 0 Å². The molecule has 3 atom stereocenters. The highest BCUT2D eigenvalue weighted by atomic mass is 16.3. The zero-order valence-electron chi connectivity index (χ0n) is 37.3. The Hall–Kier alpha value is -1.69. The Balaban J connectivity index is 3.72. The molecule has 0 saturated carbocycles. The van der Waals surface area contributed by atoms with Crippen molar-refractivity contribution in [2.75, 3.05) is 6.61 Å². The lowest BCUT2D eigenvalue weighted by molar-refractivity contribution is -0.124. The molecule has 0 aliphatic carbocycles. The molecule has 5 heteroatoms. The number of hydrogen-bond acceptors (Lipinski definition) is 4. The van der Waals surface area contributed by atoms with Crippen LogP contribution in [0.25, 0.3) is 0 Å². The minimum Gasteiger partial charge on any atom is -0.394 e. The lowest BCUT2D eigenvalue weighted by atomic mass is 10.0. The van der Waals surface area contributed by atoms with Gasteiger partial charge in [-0.15, -0.1) is 0 Å². The molecule has 0 heterocycles. The molecule has 0 saturated heterocycles. The standard InChI is InChI=1S/C51H95NO4/c1-3-5-7-9-11-13-15-17-19-21-23-25-27-29-31-33-35-37-39-41-43-45-50(55)49(47-53)52-51(56)46-48(54)44-42-40-38-36-34-32-30-28-26-24-22-20-18-16-14-12-10-8-6-4-2/h27-30,35,37,43,45,48-50,53-55H,3-26,31-34,36,38-42,44,46-47H2,1-2H3,(H,52,56)/b29-27+,30-28-,37-35+,45-43+. The highest BCUT2D eigenvalue weighted by Crippen LogP contribution is 2.15. The van der Waals surface area contributed by atoms with E-state index in [1.165, 1.54) is 167 Å². The third kappa shape index (κ3) is 41.9. The Morgan fingerprint density at radius 2 is 0.768 bits per heavy atom. The van der Waals surface area contributed by atoms with Gasteiger partial charge in [0.25, 0.3) is 0 Å². The molecule has 0 fully saturated rings. The molecule has 0 radical (unpaired) electrons. The van der Waals surface area contributed by atoms with Crippen LogP contribution in [0.4, 0.5) is 0 Å². The van der Waals surface area contributed by atoms with Crippen LogP contribution < -0.4 is 5.32 Å². The van der Waals surface area contributed by atoms with E-state index in [-0.39, 0.29) is 18.9 Å². The molecule has 0 bridgehead atoms. The van der Waals surface area contributed by atoms with E-state index < -0.39 is 18.2 Å². The van der Waals surface area contributed by atoms with Crippen molar-refractivity contribution in [3.8, 4) is 0 Å². The van der Waals surface area contributed by atoms with E-state index in [1.807, 2.05) is 6.08 Å². The van der Waals surface area contributed by atoms with Crippen LogP contribution in [0.2, 0.25) is 0 Å². The summed E-state index contributed by atoms with van der Waals surface area (Å²) in [6.07, 6.45) is 59.8. The van der Waals surface area contributed by atoms with Crippen LogP contribution >= 0.6 is 0 Å². The average molecular weight is 786 g/mol. The minimum atomic E-state index is -0.963. The molecule has 0 aromatic carbocycles. The molecule has 0 aliphatic rings. The minimum absolute atomic E-state index is 0.00378. The molecule has 0 aromatic heterocycles. The maximum absolute atomic E-state index is 12.5. The Bertz CT molecular complexity index is 912. The first-order valence-corrected chi connectivity index (χ1v) is 24.4. The second-order valence-electron chi connectivity index (χ2n) is 16.7. The van der Waals surface area contributed by atoms with E-state index in [4.69, 9.17) is 0 Å². The highest BCUT2D eigenvalue weighted by molar-refractivity contribution is 5.76. The average Bonchev–Trinajstić information content (AvgIpc) is 3.19. The van der Waals surface area contributed by atoms with Crippen molar-refractivity contribution in [1.82, 2.24) is 5.32 Å². The van der Waals surface area contributed by atoms with Gasteiger partial charge in [0.2, 0.25) is 5.91 Å². The smallest absolute Gasteiger partial charge is 0.222 e. The van der Waals surface area contributed by atoms with E-state index in [9.17, 15) is 20.1 Å². The molecule has 4 N–H and O–H groups in total. The zero-order valence-corrected chi connectivity index (χ0v) is 37.3. The van der Waals surface area contributed by atoms with E-state index in [2.05, 4.69) is 55.6 Å². The summed E-state index contributed by atoms with van der Waals surface area (Å²) < 4.78 is 0. The Labute approximate surface area is 348 Å². The molecule has 56 heavy (non-hydrogen) atoms. The van der Waals surface area contributed by atoms with E-state index in [1.54, 1.807) is 6.08 Å². The maximum atomic E-state index is 12.5. The van der Waals surface area contributed by atoms with Crippen LogP contribution in [-0.2, 0) is 4.79 Å². The van der Waals surface area contributed by atoms with Gasteiger partial charge in [0.1, 0.15) is 0 Å². The molecular formula is C51H95NO4. The summed E-state index contributed by atoms with van der Waals surface area (Å²) in [7, 11) is 0. The van der Waals surface area contributed by atoms with Crippen LogP contribution in [0.5, 0.6) is 0 Å². The van der Waals surface area contributed by atoms with Gasteiger partial charge in [0.15, 0.2) is 0 Å². The lowest BCUT2D eigenvalue weighted by Gasteiger charge is -2.20. The summed E-state index contributed by atoms with van der Waals surface area (Å²) >= 11 is 0. The van der Waals surface area contributed by atoms with Crippen molar-refractivity contribution in [1.29, 1.82) is 0 Å². The second kappa shape index (κ2) is 46.0. The van der Waals surface area contributed by atoms with Gasteiger partial charge in [-0.2, -0.15) is 0 Å². The number of carbonyl (C=O) groups excluding carboxylic acids is 1. The van der Waals surface area contributed by atoms with Gasteiger partial charge in [-0.05, 0) is 70.6 Å². The molecule has 328 valence electrons. The van der Waals surface area contributed by atoms with Gasteiger partial charge in [-0.3, -0.25) is 4.79 Å². The summed E-state index contributed by atoms with van der Waals surface area (Å²) in [5, 5.41) is 33.3. The third-order valence-corrected chi connectivity index (χ3v) is 11.1. The third-order valence-electron chi connectivity index (χ3n) is 11.1. The number of amides is 1. The zero-order chi connectivity index (χ0) is 40.8. The Kier molecular flexibility index (Phi) is 44.6. The van der Waals surface area contributed by atoms with Crippen LogP contribution in [0, 0.1) is 0 Å². The van der Waals surface area contributed by atoms with Crippen LogP contribution in [0.3, 0.4) is 0 Å². The van der Waals surface area contributed by atoms with Crippen molar-refractivity contribution in [2.24, 2.45) is 0 Å². The quantitative estimate of drug-likeness (QED) is 0.0366. The van der Waals surface area contributed by atoms with Crippen molar-refractivity contribution in [2.45, 2.75) is 263 Å². The van der Waals surface area contributed by atoms with Crippen LogP contribution in [-0.4, -0.2) is 46.1 Å². The molecule has 0 aromatic rings. The fourth-order valence-electron chi connectivity index (χ4n) is 7.31. The number of unbranched alkanes of at least 4 members (excludes halogenated alkanes) is 29. The summed E-state index contributed by atoms with van der Waals surface area (Å²) in [5.74, 6) is -0.334. The molecule has 0 rings (SSSR count). The predicted octanol–water partition coefficient (Wildman–Crippen LogP) is 14.5. The van der Waals surface area contributed by atoms with Gasteiger partial charge in [0, 0.05) is 0 Å². The van der Waals surface area contributed by atoms with E-state index in [0.29, 0.717) is 6.42 Å². The molecule has 1 amide bonds. The SMILES string of the molecule is CCCCCCCCCCCCC/C=C\CCCCCCCC(O)CC(=O)NC(CO)C(O)/C=C/CC/C=C/CC/C=C/CCCCCCCCCCCCC. The number of aliphatic hydroxyl groups excluding tert-OH is 3. The largest absolute Gasteiger partial charge is 0.394 e. The topological polar surface area (TPSA) is 89.8 Å². The molecule has 0 aliphatic heterocycles. The number of allylic oxidation sites excluding steroid dienone is 7. The van der Waals surface area contributed by atoms with Gasteiger partial charge in [0.05, 0.1) is 31.3 Å². The molecule has 3 unspecified atom stereocenters. The second-order valence-corrected chi connectivity index (χ2v) is 16.7. The van der Waals surface area contributed by atoms with Crippen molar-refractivity contribution >= 4 is 5.91 Å². The number of aliphatic hydroxyl groups is 3. The number of nitrogens with one attached hydrogen (secondary N) is 1. The highest BCUT2D eigenvalue weighted by Gasteiger charge is 2.20. The van der Waals surface area contributed by atoms with Crippen LogP contribution in [0.15, 0.2) is 48.6 Å². The first kappa shape index (κ1) is 54.3. The van der Waals surface area contributed by atoms with Crippen molar-refractivity contribution in [3.63, 3.8) is 0 Å². The van der Waals surface area contributed by atoms with Crippen molar-refractivity contribution in [3.05, 3.63) is 48.6 Å². The van der Waals surface area contributed by atoms with Crippen LogP contribution in [0.1, 0.15) is 245 Å². The van der Waals surface area contributed by atoms with Gasteiger partial charge >= 0.3 is 0 Å². The monoisotopic (exact) mass is 786 g/mol. The van der Waals surface area contributed by atoms with Gasteiger partial charge < -0.3 is 20.6 Å². The fraction of sp³-hybridized carbons (Fsp3) is 0.824. The number of rotatable bonds is 44. The number of hydrogen-bond donors (Lipinski definition) is 4. The Morgan fingerprint density at radius 1 is 0.446 bits per heavy atom.